The second-order valence-electron chi connectivity index (χ2n) is 6.92. The van der Waals surface area contributed by atoms with Gasteiger partial charge in [-0.3, -0.25) is 0 Å². The molecule has 0 unspecified atom stereocenters. The van der Waals surface area contributed by atoms with Crippen molar-refractivity contribution in [3.8, 4) is 5.69 Å². The van der Waals surface area contributed by atoms with Gasteiger partial charge in [-0.15, -0.1) is 0 Å². The summed E-state index contributed by atoms with van der Waals surface area (Å²) in [6.07, 6.45) is -0.963. The molecule has 3 nitrogen and oxygen atoms in total. The Kier molecular flexibility index (Phi) is 4.83. The molecule has 0 saturated heterocycles. The zero-order chi connectivity index (χ0) is 19.7. The van der Waals surface area contributed by atoms with Gasteiger partial charge in [-0.25, -0.2) is 9.07 Å². The van der Waals surface area contributed by atoms with Crippen LogP contribution in [0.3, 0.4) is 0 Å². The van der Waals surface area contributed by atoms with Crippen molar-refractivity contribution >= 4 is 5.82 Å². The maximum atomic E-state index is 13.2. The summed E-state index contributed by atoms with van der Waals surface area (Å²) in [6, 6.07) is 11.3. The molecule has 0 bridgehead atoms. The Labute approximate surface area is 160 Å². The molecule has 1 N–H and O–H groups in total. The van der Waals surface area contributed by atoms with Crippen LogP contribution >= 0.6 is 0 Å². The van der Waals surface area contributed by atoms with Crippen LogP contribution in [0.15, 0.2) is 48.5 Å². The smallest absolute Gasteiger partial charge is 0.370 e. The van der Waals surface area contributed by atoms with Crippen LogP contribution in [0.5, 0.6) is 0 Å². The second-order valence-corrected chi connectivity index (χ2v) is 6.92. The Morgan fingerprint density at radius 2 is 1.68 bits per heavy atom. The molecule has 1 aromatic heterocycles. The topological polar surface area (TPSA) is 29.9 Å². The lowest BCUT2D eigenvalue weighted by Crippen LogP contribution is -2.08. The van der Waals surface area contributed by atoms with Gasteiger partial charge >= 0.3 is 6.18 Å². The van der Waals surface area contributed by atoms with Gasteiger partial charge in [-0.05, 0) is 61.2 Å². The summed E-state index contributed by atoms with van der Waals surface area (Å²) in [5.41, 5.74) is 2.75. The van der Waals surface area contributed by atoms with Crippen LogP contribution in [0.1, 0.15) is 35.2 Å². The summed E-state index contributed by atoms with van der Waals surface area (Å²) in [7, 11) is 0. The molecule has 0 aliphatic carbocycles. The number of fused-ring (bicyclic) bond motifs is 1. The van der Waals surface area contributed by atoms with Gasteiger partial charge in [0.2, 0.25) is 0 Å². The van der Waals surface area contributed by atoms with Crippen LogP contribution < -0.4 is 5.32 Å². The minimum absolute atomic E-state index is 0.292. The van der Waals surface area contributed by atoms with Gasteiger partial charge in [0.15, 0.2) is 0 Å². The standard InChI is InChI=1S/C21H19F4N3/c22-16-8-4-14(5-9-16)13-19-18-3-1-2-12-26-20(18)28(27-19)17-10-6-15(7-11-17)21(23,24)25/h4-11,26H,1-3,12-13H2. The maximum Gasteiger partial charge on any atom is 0.416 e. The number of nitrogens with one attached hydrogen (secondary N) is 1. The first kappa shape index (κ1) is 18.5. The van der Waals surface area contributed by atoms with Gasteiger partial charge < -0.3 is 5.32 Å². The number of alkyl halides is 3. The lowest BCUT2D eigenvalue weighted by Gasteiger charge is -2.11. The fraction of sp³-hybridized carbons (Fsp3) is 0.286. The van der Waals surface area contributed by atoms with E-state index in [1.807, 2.05) is 0 Å². The number of halogens is 4. The van der Waals surface area contributed by atoms with E-state index in [4.69, 9.17) is 5.10 Å². The van der Waals surface area contributed by atoms with Crippen molar-refractivity contribution in [3.05, 3.63) is 76.7 Å². The van der Waals surface area contributed by atoms with Crippen molar-refractivity contribution in [1.82, 2.24) is 9.78 Å². The molecule has 1 aliphatic heterocycles. The SMILES string of the molecule is Fc1ccc(Cc2nn(-c3ccc(C(F)(F)F)cc3)c3c2CCCCN3)cc1. The fourth-order valence-electron chi connectivity index (χ4n) is 3.49. The van der Waals surface area contributed by atoms with Gasteiger partial charge in [0, 0.05) is 18.5 Å². The van der Waals surface area contributed by atoms with E-state index in [0.717, 1.165) is 60.6 Å². The Morgan fingerprint density at radius 1 is 0.964 bits per heavy atom. The second kappa shape index (κ2) is 7.30. The van der Waals surface area contributed by atoms with Crippen LogP contribution in [0.25, 0.3) is 5.69 Å². The number of benzene rings is 2. The van der Waals surface area contributed by atoms with Crippen LogP contribution in [0.4, 0.5) is 23.4 Å². The van der Waals surface area contributed by atoms with Crippen LogP contribution in [0, 0.1) is 5.82 Å². The van der Waals surface area contributed by atoms with Crippen LogP contribution in [-0.2, 0) is 19.0 Å². The highest BCUT2D eigenvalue weighted by molar-refractivity contribution is 5.55. The first-order valence-corrected chi connectivity index (χ1v) is 9.18. The van der Waals surface area contributed by atoms with Gasteiger partial charge in [0.25, 0.3) is 0 Å². The van der Waals surface area contributed by atoms with E-state index in [-0.39, 0.29) is 5.82 Å². The van der Waals surface area contributed by atoms with Crippen molar-refractivity contribution in [2.45, 2.75) is 31.9 Å². The molecule has 1 aliphatic rings. The monoisotopic (exact) mass is 389 g/mol. The predicted molar refractivity (Wildman–Crippen MR) is 99.2 cm³/mol. The quantitative estimate of drug-likeness (QED) is 0.611. The Morgan fingerprint density at radius 3 is 2.36 bits per heavy atom. The first-order valence-electron chi connectivity index (χ1n) is 9.18. The van der Waals surface area contributed by atoms with E-state index in [0.29, 0.717) is 12.1 Å². The number of nitrogens with zero attached hydrogens (tertiary/aromatic N) is 2. The summed E-state index contributed by atoms with van der Waals surface area (Å²) >= 11 is 0. The maximum absolute atomic E-state index is 13.2. The molecule has 28 heavy (non-hydrogen) atoms. The van der Waals surface area contributed by atoms with E-state index in [1.165, 1.54) is 24.3 Å². The molecular formula is C21H19F4N3. The minimum atomic E-state index is -4.37. The van der Waals surface area contributed by atoms with E-state index in [2.05, 4.69) is 5.32 Å². The summed E-state index contributed by atoms with van der Waals surface area (Å²) < 4.78 is 53.5. The van der Waals surface area contributed by atoms with Gasteiger partial charge in [0.05, 0.1) is 16.9 Å². The summed E-state index contributed by atoms with van der Waals surface area (Å²) in [6.45, 7) is 0.787. The third kappa shape index (κ3) is 3.74. The number of hydrogen-bond acceptors (Lipinski definition) is 2. The number of anilines is 1. The molecule has 4 rings (SSSR count). The minimum Gasteiger partial charge on any atom is -0.370 e. The average molecular weight is 389 g/mol. The van der Waals surface area contributed by atoms with E-state index < -0.39 is 11.7 Å². The Bertz CT molecular complexity index is 957. The summed E-state index contributed by atoms with van der Waals surface area (Å²) in [4.78, 5) is 0. The molecule has 146 valence electrons. The highest BCUT2D eigenvalue weighted by Gasteiger charge is 2.30. The third-order valence-corrected chi connectivity index (χ3v) is 4.94. The van der Waals surface area contributed by atoms with Crippen molar-refractivity contribution in [1.29, 1.82) is 0 Å². The van der Waals surface area contributed by atoms with E-state index >= 15 is 0 Å². The highest BCUT2D eigenvalue weighted by Crippen LogP contribution is 2.32. The van der Waals surface area contributed by atoms with Crippen LogP contribution in [-0.4, -0.2) is 16.3 Å². The first-order chi connectivity index (χ1) is 13.4. The number of hydrogen-bond donors (Lipinski definition) is 1. The molecule has 0 radical (unpaired) electrons. The zero-order valence-corrected chi connectivity index (χ0v) is 15.1. The molecular weight excluding hydrogens is 370 g/mol. The molecule has 0 atom stereocenters. The van der Waals surface area contributed by atoms with E-state index in [9.17, 15) is 17.6 Å². The lowest BCUT2D eigenvalue weighted by molar-refractivity contribution is -0.137. The molecule has 0 saturated carbocycles. The van der Waals surface area contributed by atoms with Crippen molar-refractivity contribution in [2.75, 3.05) is 11.9 Å². The van der Waals surface area contributed by atoms with E-state index in [1.54, 1.807) is 16.8 Å². The third-order valence-electron chi connectivity index (χ3n) is 4.94. The van der Waals surface area contributed by atoms with Crippen molar-refractivity contribution in [2.24, 2.45) is 0 Å². The number of aromatic nitrogens is 2. The molecule has 3 aromatic rings. The molecule has 0 fully saturated rings. The largest absolute Gasteiger partial charge is 0.416 e. The normalized spacial score (nSPS) is 14.3. The van der Waals surface area contributed by atoms with Gasteiger partial charge in [0.1, 0.15) is 11.6 Å². The molecule has 2 aromatic carbocycles. The predicted octanol–water partition coefficient (Wildman–Crippen LogP) is 5.37. The molecule has 0 amide bonds. The average Bonchev–Trinajstić information content (AvgIpc) is 2.84. The fourth-order valence-corrected chi connectivity index (χ4v) is 3.49. The highest BCUT2D eigenvalue weighted by atomic mass is 19.4. The lowest BCUT2D eigenvalue weighted by atomic mass is 10.0. The Balaban J connectivity index is 1.73. The molecule has 7 heteroatoms. The van der Waals surface area contributed by atoms with Gasteiger partial charge in [-0.2, -0.15) is 18.3 Å². The summed E-state index contributed by atoms with van der Waals surface area (Å²) in [5, 5.41) is 8.06. The number of rotatable bonds is 3. The van der Waals surface area contributed by atoms with Crippen LogP contribution in [0.2, 0.25) is 0 Å². The van der Waals surface area contributed by atoms with Crippen molar-refractivity contribution in [3.63, 3.8) is 0 Å². The Hall–Kier alpha value is -2.83. The van der Waals surface area contributed by atoms with Gasteiger partial charge in [-0.1, -0.05) is 12.1 Å². The molecule has 0 spiro atoms. The molecule has 2 heterocycles. The summed E-state index contributed by atoms with van der Waals surface area (Å²) in [5.74, 6) is 0.536. The zero-order valence-electron chi connectivity index (χ0n) is 15.1. The van der Waals surface area contributed by atoms with Crippen molar-refractivity contribution < 1.29 is 17.6 Å².